The Morgan fingerprint density at radius 1 is 1.05 bits per heavy atom. The molecule has 0 fully saturated rings. The number of amides is 1. The van der Waals surface area contributed by atoms with Gasteiger partial charge in [0.2, 0.25) is 0 Å². The quantitative estimate of drug-likeness (QED) is 0.141. The molecule has 214 valence electrons. The van der Waals surface area contributed by atoms with Crippen LogP contribution in [0.4, 0.5) is 0 Å². The highest BCUT2D eigenvalue weighted by molar-refractivity contribution is 6.74. The summed E-state index contributed by atoms with van der Waals surface area (Å²) in [6, 6.07) is 16.9. The molecular weight excluding hydrogens is 516 g/mol. The Kier molecular flexibility index (Phi) is 9.21. The number of fused-ring (bicyclic) bond motifs is 1. The summed E-state index contributed by atoms with van der Waals surface area (Å²) in [6.45, 7) is 11.9. The number of primary amides is 1. The zero-order valence-electron chi connectivity index (χ0n) is 24.8. The van der Waals surface area contributed by atoms with Crippen molar-refractivity contribution in [3.8, 4) is 5.75 Å². The van der Waals surface area contributed by atoms with Gasteiger partial charge in [0.05, 0.1) is 12.9 Å². The van der Waals surface area contributed by atoms with Crippen LogP contribution >= 0.6 is 0 Å². The number of nitrogens with two attached hydrogens (primary N) is 1. The fraction of sp³-hybridized carbons (Fsp3) is 0.438. The molecule has 1 atom stereocenters. The van der Waals surface area contributed by atoms with Crippen molar-refractivity contribution in [2.24, 2.45) is 12.8 Å². The van der Waals surface area contributed by atoms with Gasteiger partial charge in [-0.05, 0) is 79.6 Å². The Morgan fingerprint density at radius 2 is 1.80 bits per heavy atom. The molecule has 1 amide bonds. The summed E-state index contributed by atoms with van der Waals surface area (Å²) in [4.78, 5) is 15.9. The molecule has 0 spiro atoms. The number of rotatable bonds is 13. The minimum atomic E-state index is -2.07. The van der Waals surface area contributed by atoms with Gasteiger partial charge in [-0.25, -0.2) is 4.98 Å². The number of carbonyl (C=O) groups excluding carboxylic acids is 1. The Morgan fingerprint density at radius 3 is 2.48 bits per heavy atom. The first-order valence-electron chi connectivity index (χ1n) is 14.2. The van der Waals surface area contributed by atoms with E-state index >= 15 is 0 Å². The number of ether oxygens (including phenoxy) is 1. The Labute approximate surface area is 239 Å². The van der Waals surface area contributed by atoms with Crippen LogP contribution < -0.4 is 10.5 Å². The fourth-order valence-corrected chi connectivity index (χ4v) is 6.00. The lowest BCUT2D eigenvalue weighted by Gasteiger charge is -2.39. The van der Waals surface area contributed by atoms with E-state index in [1.807, 2.05) is 10.6 Å². The largest absolute Gasteiger partial charge is 0.494 e. The molecule has 0 aliphatic carbocycles. The molecule has 8 heteroatoms. The summed E-state index contributed by atoms with van der Waals surface area (Å²) < 4.78 is 17.0. The van der Waals surface area contributed by atoms with Crippen molar-refractivity contribution in [3.63, 3.8) is 0 Å². The third kappa shape index (κ3) is 7.23. The zero-order valence-corrected chi connectivity index (χ0v) is 25.8. The Hall–Kier alpha value is -3.36. The SMILES string of the molecule is Cn1cc(CCC[C@@H](O[Si](C)(C)C(C)(C)C)n2cnc(C(N)=O)c2)c2cc(OCCCc3ccccc3)ccc21. The van der Waals surface area contributed by atoms with Gasteiger partial charge in [0.25, 0.3) is 5.91 Å². The third-order valence-corrected chi connectivity index (χ3v) is 12.6. The molecule has 4 aromatic rings. The minimum Gasteiger partial charge on any atom is -0.494 e. The third-order valence-electron chi connectivity index (χ3n) is 8.09. The highest BCUT2D eigenvalue weighted by Gasteiger charge is 2.39. The molecule has 2 aromatic carbocycles. The van der Waals surface area contributed by atoms with E-state index in [9.17, 15) is 4.79 Å². The van der Waals surface area contributed by atoms with Gasteiger partial charge in [-0.1, -0.05) is 51.1 Å². The van der Waals surface area contributed by atoms with Gasteiger partial charge in [-0.2, -0.15) is 0 Å². The molecule has 0 aliphatic heterocycles. The predicted molar refractivity (Wildman–Crippen MR) is 164 cm³/mol. The molecule has 0 saturated heterocycles. The molecule has 40 heavy (non-hydrogen) atoms. The number of benzene rings is 2. The lowest BCUT2D eigenvalue weighted by atomic mass is 10.1. The van der Waals surface area contributed by atoms with Crippen LogP contribution in [-0.2, 0) is 24.3 Å². The molecule has 2 heterocycles. The normalized spacial score (nSPS) is 13.1. The predicted octanol–water partition coefficient (Wildman–Crippen LogP) is 7.03. The molecule has 2 aromatic heterocycles. The Bertz CT molecular complexity index is 1420. The maximum Gasteiger partial charge on any atom is 0.268 e. The van der Waals surface area contributed by atoms with Gasteiger partial charge in [-0.15, -0.1) is 0 Å². The molecule has 0 unspecified atom stereocenters. The molecule has 4 rings (SSSR count). The van der Waals surface area contributed by atoms with Crippen molar-refractivity contribution in [1.29, 1.82) is 0 Å². The number of aryl methyl sites for hydroxylation is 3. The van der Waals surface area contributed by atoms with Gasteiger partial charge in [0.15, 0.2) is 8.32 Å². The first-order chi connectivity index (χ1) is 18.9. The molecule has 0 bridgehead atoms. The van der Waals surface area contributed by atoms with Crippen molar-refractivity contribution in [2.45, 2.75) is 77.2 Å². The zero-order chi connectivity index (χ0) is 28.9. The van der Waals surface area contributed by atoms with Gasteiger partial charge >= 0.3 is 0 Å². The maximum absolute atomic E-state index is 11.7. The molecule has 0 aliphatic rings. The average Bonchev–Trinajstić information content (AvgIpc) is 3.51. The van der Waals surface area contributed by atoms with E-state index in [1.54, 1.807) is 12.5 Å². The monoisotopic (exact) mass is 560 g/mol. The number of nitrogens with zero attached hydrogens (tertiary/aromatic N) is 3. The van der Waals surface area contributed by atoms with Gasteiger partial charge < -0.3 is 24.0 Å². The summed E-state index contributed by atoms with van der Waals surface area (Å²) in [5, 5.41) is 1.29. The number of hydrogen-bond acceptors (Lipinski definition) is 4. The van der Waals surface area contributed by atoms with Crippen LogP contribution in [0.25, 0.3) is 10.9 Å². The highest BCUT2D eigenvalue weighted by atomic mass is 28.4. The van der Waals surface area contributed by atoms with Gasteiger partial charge in [0.1, 0.15) is 17.7 Å². The molecular formula is C32H44N4O3Si. The second kappa shape index (κ2) is 12.4. The molecule has 7 nitrogen and oxygen atoms in total. The van der Waals surface area contributed by atoms with E-state index in [4.69, 9.17) is 14.9 Å². The lowest BCUT2D eigenvalue weighted by Crippen LogP contribution is -2.42. The smallest absolute Gasteiger partial charge is 0.268 e. The fourth-order valence-electron chi connectivity index (χ4n) is 4.73. The Balaban J connectivity index is 1.43. The highest BCUT2D eigenvalue weighted by Crippen LogP contribution is 2.40. The van der Waals surface area contributed by atoms with E-state index in [2.05, 4.69) is 99.1 Å². The van der Waals surface area contributed by atoms with Crippen molar-refractivity contribution in [1.82, 2.24) is 14.1 Å². The van der Waals surface area contributed by atoms with Crippen molar-refractivity contribution >= 4 is 25.1 Å². The van der Waals surface area contributed by atoms with Crippen LogP contribution in [-0.4, -0.2) is 34.9 Å². The van der Waals surface area contributed by atoms with Crippen molar-refractivity contribution in [2.75, 3.05) is 6.61 Å². The summed E-state index contributed by atoms with van der Waals surface area (Å²) in [7, 11) is 0.0213. The number of aromatic nitrogens is 3. The first kappa shape index (κ1) is 29.6. The second-order valence-corrected chi connectivity index (χ2v) is 16.9. The summed E-state index contributed by atoms with van der Waals surface area (Å²) in [5.74, 6) is 0.378. The van der Waals surface area contributed by atoms with E-state index in [0.29, 0.717) is 6.61 Å². The standard InChI is InChI=1S/C32H44N4O3Si/c1-32(2,3)40(5,6)39-30(36-22-28(31(33)37)34-23-36)16-10-15-25-21-35(4)29-18-17-26(20-27(25)29)38-19-11-14-24-12-8-7-9-13-24/h7-9,12-13,17-18,20-23,30H,10-11,14-16,19H2,1-6H3,(H2,33,37)/t30-/m1/s1. The van der Waals surface area contributed by atoms with Crippen LogP contribution in [0.2, 0.25) is 18.1 Å². The van der Waals surface area contributed by atoms with E-state index in [0.717, 1.165) is 37.9 Å². The number of carbonyl (C=O) groups is 1. The maximum atomic E-state index is 11.7. The van der Waals surface area contributed by atoms with Crippen LogP contribution in [0.15, 0.2) is 67.3 Å². The first-order valence-corrected chi connectivity index (χ1v) is 17.1. The van der Waals surface area contributed by atoms with E-state index in [-0.39, 0.29) is 17.0 Å². The summed E-state index contributed by atoms with van der Waals surface area (Å²) >= 11 is 0. The van der Waals surface area contributed by atoms with Gasteiger partial charge in [-0.3, -0.25) is 4.79 Å². The average molecular weight is 561 g/mol. The van der Waals surface area contributed by atoms with Crippen molar-refractivity contribution < 1.29 is 14.0 Å². The van der Waals surface area contributed by atoms with E-state index < -0.39 is 14.2 Å². The number of hydrogen-bond donors (Lipinski definition) is 1. The van der Waals surface area contributed by atoms with E-state index in [1.165, 1.54) is 22.0 Å². The van der Waals surface area contributed by atoms with Crippen LogP contribution in [0.3, 0.4) is 0 Å². The molecule has 2 N–H and O–H groups in total. The second-order valence-electron chi connectivity index (χ2n) is 12.2. The van der Waals surface area contributed by atoms with Crippen LogP contribution in [0, 0.1) is 0 Å². The van der Waals surface area contributed by atoms with Crippen molar-refractivity contribution in [3.05, 3.63) is 84.1 Å². The molecule has 0 saturated carbocycles. The number of imidazole rings is 1. The molecule has 0 radical (unpaired) electrons. The summed E-state index contributed by atoms with van der Waals surface area (Å²) in [6.07, 6.45) is 9.99. The van der Waals surface area contributed by atoms with Gasteiger partial charge in [0, 0.05) is 30.3 Å². The summed E-state index contributed by atoms with van der Waals surface area (Å²) in [5.41, 5.74) is 9.56. The minimum absolute atomic E-state index is 0.0610. The topological polar surface area (TPSA) is 84.3 Å². The van der Waals surface area contributed by atoms with Crippen LogP contribution in [0.1, 0.15) is 67.9 Å². The lowest BCUT2D eigenvalue weighted by molar-refractivity contribution is 0.0988. The van der Waals surface area contributed by atoms with Crippen LogP contribution in [0.5, 0.6) is 5.75 Å².